The number of aliphatic hydroxyl groups excluding tert-OH is 1. The quantitative estimate of drug-likeness (QED) is 0.830. The van der Waals surface area contributed by atoms with Gasteiger partial charge in [-0.1, -0.05) is 6.07 Å². The molecule has 100 valence electrons. The molecule has 0 aliphatic rings. The lowest BCUT2D eigenvalue weighted by molar-refractivity contribution is 0.281. The number of hydrogen-bond acceptors (Lipinski definition) is 3. The number of ether oxygens (including phenoxy) is 2. The molecule has 0 heterocycles. The van der Waals surface area contributed by atoms with Crippen LogP contribution in [0.15, 0.2) is 36.4 Å². The van der Waals surface area contributed by atoms with Crippen molar-refractivity contribution in [3.05, 3.63) is 51.1 Å². The maximum Gasteiger partial charge on any atom is 0.143 e. The first kappa shape index (κ1) is 14.1. The number of methoxy groups -OCH3 is 1. The zero-order valence-electron chi connectivity index (χ0n) is 10.8. The van der Waals surface area contributed by atoms with E-state index in [1.165, 1.54) is 0 Å². The molecule has 19 heavy (non-hydrogen) atoms. The van der Waals surface area contributed by atoms with E-state index in [0.29, 0.717) is 0 Å². The normalized spacial score (nSPS) is 10.3. The first-order valence-corrected chi connectivity index (χ1v) is 6.93. The monoisotopic (exact) mass is 370 g/mol. The highest BCUT2D eigenvalue weighted by molar-refractivity contribution is 14.1. The van der Waals surface area contributed by atoms with Gasteiger partial charge in [-0.05, 0) is 71.0 Å². The van der Waals surface area contributed by atoms with Crippen LogP contribution in [-0.4, -0.2) is 12.2 Å². The van der Waals surface area contributed by atoms with Crippen LogP contribution in [0, 0.1) is 10.5 Å². The van der Waals surface area contributed by atoms with Gasteiger partial charge < -0.3 is 14.6 Å². The summed E-state index contributed by atoms with van der Waals surface area (Å²) >= 11 is 2.22. The highest BCUT2D eigenvalue weighted by Crippen LogP contribution is 2.32. The fourth-order valence-electron chi connectivity index (χ4n) is 1.78. The lowest BCUT2D eigenvalue weighted by atomic mass is 10.1. The Morgan fingerprint density at radius 3 is 2.26 bits per heavy atom. The van der Waals surface area contributed by atoms with Crippen LogP contribution < -0.4 is 9.47 Å². The lowest BCUT2D eigenvalue weighted by Gasteiger charge is -2.12. The average Bonchev–Trinajstić information content (AvgIpc) is 2.43. The zero-order valence-corrected chi connectivity index (χ0v) is 13.0. The second-order valence-electron chi connectivity index (χ2n) is 4.16. The van der Waals surface area contributed by atoms with Gasteiger partial charge in [0.2, 0.25) is 0 Å². The Balaban J connectivity index is 2.27. The van der Waals surface area contributed by atoms with Gasteiger partial charge in [-0.2, -0.15) is 0 Å². The van der Waals surface area contributed by atoms with Crippen LogP contribution in [-0.2, 0) is 6.61 Å². The molecule has 2 aromatic carbocycles. The van der Waals surface area contributed by atoms with Gasteiger partial charge in [0.05, 0.1) is 17.3 Å². The van der Waals surface area contributed by atoms with Gasteiger partial charge in [0.15, 0.2) is 0 Å². The van der Waals surface area contributed by atoms with E-state index in [4.69, 9.17) is 14.6 Å². The summed E-state index contributed by atoms with van der Waals surface area (Å²) in [7, 11) is 1.64. The fraction of sp³-hybridized carbons (Fsp3) is 0.200. The largest absolute Gasteiger partial charge is 0.497 e. The maximum atomic E-state index is 9.17. The Morgan fingerprint density at radius 1 is 1.11 bits per heavy atom. The summed E-state index contributed by atoms with van der Waals surface area (Å²) in [5.74, 6) is 2.39. The van der Waals surface area contributed by atoms with Crippen molar-refractivity contribution in [2.24, 2.45) is 0 Å². The van der Waals surface area contributed by atoms with Gasteiger partial charge in [0, 0.05) is 0 Å². The molecule has 0 saturated carbocycles. The third kappa shape index (κ3) is 3.39. The number of aryl methyl sites for hydroxylation is 1. The summed E-state index contributed by atoms with van der Waals surface area (Å²) in [6, 6.07) is 11.3. The van der Waals surface area contributed by atoms with E-state index in [1.54, 1.807) is 7.11 Å². The number of aliphatic hydroxyl groups is 1. The number of halogens is 1. The Morgan fingerprint density at radius 2 is 1.74 bits per heavy atom. The molecule has 0 bridgehead atoms. The number of hydrogen-bond donors (Lipinski definition) is 1. The molecule has 0 fully saturated rings. The molecule has 0 unspecified atom stereocenters. The lowest BCUT2D eigenvalue weighted by Crippen LogP contribution is -1.94. The van der Waals surface area contributed by atoms with Crippen LogP contribution in [0.3, 0.4) is 0 Å². The minimum absolute atomic E-state index is 0.0413. The third-order valence-electron chi connectivity index (χ3n) is 2.75. The minimum atomic E-state index is 0.0413. The molecule has 0 spiro atoms. The Labute approximate surface area is 126 Å². The van der Waals surface area contributed by atoms with Crippen molar-refractivity contribution in [3.63, 3.8) is 0 Å². The summed E-state index contributed by atoms with van der Waals surface area (Å²) in [6.07, 6.45) is 0. The highest BCUT2D eigenvalue weighted by atomic mass is 127. The summed E-state index contributed by atoms with van der Waals surface area (Å²) in [5.41, 5.74) is 1.90. The average molecular weight is 370 g/mol. The molecular weight excluding hydrogens is 355 g/mol. The standard InChI is InChI=1S/C15H15IO3/c1-10-7-11(9-17)8-14(16)15(10)19-13-5-3-12(18-2)4-6-13/h3-8,17H,9H2,1-2H3. The van der Waals surface area contributed by atoms with Crippen molar-refractivity contribution in [1.82, 2.24) is 0 Å². The topological polar surface area (TPSA) is 38.7 Å². The highest BCUT2D eigenvalue weighted by Gasteiger charge is 2.08. The van der Waals surface area contributed by atoms with E-state index in [1.807, 2.05) is 43.3 Å². The van der Waals surface area contributed by atoms with E-state index < -0.39 is 0 Å². The van der Waals surface area contributed by atoms with Crippen LogP contribution in [0.25, 0.3) is 0 Å². The molecule has 0 saturated heterocycles. The molecule has 4 heteroatoms. The second-order valence-corrected chi connectivity index (χ2v) is 5.32. The molecule has 0 amide bonds. The van der Waals surface area contributed by atoms with Gasteiger partial charge in [0.25, 0.3) is 0 Å². The van der Waals surface area contributed by atoms with Crippen LogP contribution in [0.2, 0.25) is 0 Å². The second kappa shape index (κ2) is 6.25. The molecule has 2 aromatic rings. The van der Waals surface area contributed by atoms with Crippen molar-refractivity contribution in [2.75, 3.05) is 7.11 Å². The van der Waals surface area contributed by atoms with Gasteiger partial charge >= 0.3 is 0 Å². The predicted molar refractivity (Wildman–Crippen MR) is 82.9 cm³/mol. The van der Waals surface area contributed by atoms with Crippen LogP contribution in [0.1, 0.15) is 11.1 Å². The van der Waals surface area contributed by atoms with Crippen LogP contribution in [0.4, 0.5) is 0 Å². The molecule has 2 rings (SSSR count). The van der Waals surface area contributed by atoms with Crippen molar-refractivity contribution in [2.45, 2.75) is 13.5 Å². The summed E-state index contributed by atoms with van der Waals surface area (Å²) in [5, 5.41) is 9.17. The third-order valence-corrected chi connectivity index (χ3v) is 3.55. The Kier molecular flexibility index (Phi) is 4.66. The van der Waals surface area contributed by atoms with E-state index >= 15 is 0 Å². The van der Waals surface area contributed by atoms with Crippen molar-refractivity contribution in [3.8, 4) is 17.2 Å². The molecule has 0 radical (unpaired) electrons. The predicted octanol–water partition coefficient (Wildman–Crippen LogP) is 3.89. The van der Waals surface area contributed by atoms with E-state index in [9.17, 15) is 0 Å². The van der Waals surface area contributed by atoms with E-state index in [2.05, 4.69) is 22.6 Å². The number of rotatable bonds is 4. The molecular formula is C15H15IO3. The van der Waals surface area contributed by atoms with E-state index in [-0.39, 0.29) is 6.61 Å². The molecule has 1 N–H and O–H groups in total. The van der Waals surface area contributed by atoms with Gasteiger partial charge in [-0.3, -0.25) is 0 Å². The Hall–Kier alpha value is -1.27. The summed E-state index contributed by atoms with van der Waals surface area (Å²) < 4.78 is 12.0. The number of benzene rings is 2. The van der Waals surface area contributed by atoms with Crippen molar-refractivity contribution >= 4 is 22.6 Å². The van der Waals surface area contributed by atoms with Crippen LogP contribution >= 0.6 is 22.6 Å². The molecule has 0 aliphatic heterocycles. The molecule has 3 nitrogen and oxygen atoms in total. The minimum Gasteiger partial charge on any atom is -0.497 e. The van der Waals surface area contributed by atoms with Gasteiger partial charge in [-0.15, -0.1) is 0 Å². The first-order chi connectivity index (χ1) is 9.13. The van der Waals surface area contributed by atoms with Gasteiger partial charge in [-0.25, -0.2) is 0 Å². The first-order valence-electron chi connectivity index (χ1n) is 5.86. The zero-order chi connectivity index (χ0) is 13.8. The van der Waals surface area contributed by atoms with E-state index in [0.717, 1.165) is 31.9 Å². The molecule has 0 atom stereocenters. The summed E-state index contributed by atoms with van der Waals surface area (Å²) in [4.78, 5) is 0. The summed E-state index contributed by atoms with van der Waals surface area (Å²) in [6.45, 7) is 2.01. The van der Waals surface area contributed by atoms with Crippen molar-refractivity contribution in [1.29, 1.82) is 0 Å². The SMILES string of the molecule is COc1ccc(Oc2c(C)cc(CO)cc2I)cc1. The van der Waals surface area contributed by atoms with Crippen molar-refractivity contribution < 1.29 is 14.6 Å². The van der Waals surface area contributed by atoms with Crippen LogP contribution in [0.5, 0.6) is 17.2 Å². The fourth-order valence-corrected chi connectivity index (χ4v) is 2.72. The molecule has 0 aromatic heterocycles. The smallest absolute Gasteiger partial charge is 0.143 e. The molecule has 0 aliphatic carbocycles. The maximum absolute atomic E-state index is 9.17. The Bertz CT molecular complexity index is 541. The van der Waals surface area contributed by atoms with Gasteiger partial charge in [0.1, 0.15) is 17.2 Å².